The lowest BCUT2D eigenvalue weighted by Crippen LogP contribution is -2.38. The van der Waals surface area contributed by atoms with E-state index in [4.69, 9.17) is 0 Å². The highest BCUT2D eigenvalue weighted by molar-refractivity contribution is 9.09. The van der Waals surface area contributed by atoms with Crippen molar-refractivity contribution in [1.29, 1.82) is 0 Å². The molecule has 1 heterocycles. The summed E-state index contributed by atoms with van der Waals surface area (Å²) in [6, 6.07) is 0. The van der Waals surface area contributed by atoms with E-state index in [1.54, 1.807) is 0 Å². The molecule has 0 bridgehead atoms. The van der Waals surface area contributed by atoms with E-state index >= 15 is 0 Å². The van der Waals surface area contributed by atoms with E-state index in [9.17, 15) is 0 Å². The standard InChI is InChI=1S/C13H26BrN/c1-3-6-13(9-14)11-15-8-5-7-12(4-2)10-15/h12-13H,3-11H2,1-2H3. The van der Waals surface area contributed by atoms with E-state index in [0.717, 1.165) is 11.8 Å². The number of alkyl halides is 1. The quantitative estimate of drug-likeness (QED) is 0.665. The van der Waals surface area contributed by atoms with Crippen LogP contribution in [0.1, 0.15) is 46.0 Å². The molecule has 0 aromatic heterocycles. The molecule has 15 heavy (non-hydrogen) atoms. The first-order valence-electron chi connectivity index (χ1n) is 6.58. The zero-order chi connectivity index (χ0) is 11.1. The van der Waals surface area contributed by atoms with Gasteiger partial charge >= 0.3 is 0 Å². The van der Waals surface area contributed by atoms with Crippen molar-refractivity contribution in [3.63, 3.8) is 0 Å². The van der Waals surface area contributed by atoms with Crippen molar-refractivity contribution < 1.29 is 0 Å². The Bertz CT molecular complexity index is 161. The third-order valence-corrected chi connectivity index (χ3v) is 4.53. The van der Waals surface area contributed by atoms with Crippen LogP contribution in [-0.2, 0) is 0 Å². The Morgan fingerprint density at radius 1 is 1.40 bits per heavy atom. The third-order valence-electron chi connectivity index (χ3n) is 3.61. The minimum atomic E-state index is 0.866. The van der Waals surface area contributed by atoms with Crippen LogP contribution in [0.5, 0.6) is 0 Å². The van der Waals surface area contributed by atoms with Gasteiger partial charge in [-0.2, -0.15) is 0 Å². The molecule has 2 unspecified atom stereocenters. The first-order valence-corrected chi connectivity index (χ1v) is 7.70. The normalized spacial score (nSPS) is 25.4. The Kier molecular flexibility index (Phi) is 6.91. The highest BCUT2D eigenvalue weighted by Crippen LogP contribution is 2.21. The van der Waals surface area contributed by atoms with Gasteiger partial charge in [0.1, 0.15) is 0 Å². The smallest absolute Gasteiger partial charge is 0.00718 e. The fourth-order valence-electron chi connectivity index (χ4n) is 2.64. The van der Waals surface area contributed by atoms with Gasteiger partial charge in [-0.25, -0.2) is 0 Å². The fraction of sp³-hybridized carbons (Fsp3) is 1.00. The zero-order valence-electron chi connectivity index (χ0n) is 10.3. The van der Waals surface area contributed by atoms with Crippen molar-refractivity contribution in [2.24, 2.45) is 11.8 Å². The largest absolute Gasteiger partial charge is 0.303 e. The Morgan fingerprint density at radius 3 is 2.80 bits per heavy atom. The number of piperidine rings is 1. The number of hydrogen-bond acceptors (Lipinski definition) is 1. The molecule has 0 amide bonds. The lowest BCUT2D eigenvalue weighted by Gasteiger charge is -2.34. The number of halogens is 1. The minimum Gasteiger partial charge on any atom is -0.303 e. The van der Waals surface area contributed by atoms with Gasteiger partial charge in [0, 0.05) is 18.4 Å². The van der Waals surface area contributed by atoms with Crippen LogP contribution in [0, 0.1) is 11.8 Å². The highest BCUT2D eigenvalue weighted by Gasteiger charge is 2.20. The molecule has 1 rings (SSSR count). The van der Waals surface area contributed by atoms with Crippen LogP contribution in [0.2, 0.25) is 0 Å². The second kappa shape index (κ2) is 7.67. The van der Waals surface area contributed by atoms with Gasteiger partial charge in [-0.3, -0.25) is 0 Å². The lowest BCUT2D eigenvalue weighted by atomic mass is 9.94. The average Bonchev–Trinajstić information content (AvgIpc) is 2.29. The van der Waals surface area contributed by atoms with Gasteiger partial charge in [0.2, 0.25) is 0 Å². The monoisotopic (exact) mass is 275 g/mol. The molecule has 0 N–H and O–H groups in total. The van der Waals surface area contributed by atoms with E-state index in [0.29, 0.717) is 0 Å². The summed E-state index contributed by atoms with van der Waals surface area (Å²) in [6.45, 7) is 8.63. The first kappa shape index (κ1) is 13.5. The second-order valence-corrected chi connectivity index (χ2v) is 5.63. The molecule has 1 aliphatic rings. The van der Waals surface area contributed by atoms with Gasteiger partial charge in [-0.05, 0) is 37.6 Å². The molecular formula is C13H26BrN. The van der Waals surface area contributed by atoms with Crippen molar-refractivity contribution in [3.8, 4) is 0 Å². The summed E-state index contributed by atoms with van der Waals surface area (Å²) in [6.07, 6.45) is 6.93. The van der Waals surface area contributed by atoms with Crippen LogP contribution in [0.25, 0.3) is 0 Å². The van der Waals surface area contributed by atoms with Crippen LogP contribution < -0.4 is 0 Å². The summed E-state index contributed by atoms with van der Waals surface area (Å²) in [5.74, 6) is 1.84. The molecule has 0 aliphatic carbocycles. The molecule has 2 heteroatoms. The van der Waals surface area contributed by atoms with Gasteiger partial charge in [0.15, 0.2) is 0 Å². The topological polar surface area (TPSA) is 3.24 Å². The van der Waals surface area contributed by atoms with Crippen molar-refractivity contribution in [2.75, 3.05) is 25.0 Å². The summed E-state index contributed by atoms with van der Waals surface area (Å²) in [5, 5.41) is 1.17. The van der Waals surface area contributed by atoms with Gasteiger partial charge in [-0.1, -0.05) is 42.6 Å². The van der Waals surface area contributed by atoms with E-state index in [1.807, 2.05) is 0 Å². The molecule has 2 atom stereocenters. The fourth-order valence-corrected chi connectivity index (χ4v) is 3.17. The van der Waals surface area contributed by atoms with Crippen molar-refractivity contribution in [2.45, 2.75) is 46.0 Å². The molecule has 1 fully saturated rings. The zero-order valence-corrected chi connectivity index (χ0v) is 11.9. The van der Waals surface area contributed by atoms with Crippen molar-refractivity contribution >= 4 is 15.9 Å². The molecule has 0 radical (unpaired) electrons. The van der Waals surface area contributed by atoms with Gasteiger partial charge in [0.25, 0.3) is 0 Å². The molecule has 0 aromatic carbocycles. The molecule has 1 aliphatic heterocycles. The maximum absolute atomic E-state index is 3.65. The van der Waals surface area contributed by atoms with E-state index in [-0.39, 0.29) is 0 Å². The van der Waals surface area contributed by atoms with Gasteiger partial charge in [0.05, 0.1) is 0 Å². The number of rotatable bonds is 6. The molecule has 0 saturated carbocycles. The highest BCUT2D eigenvalue weighted by atomic mass is 79.9. The summed E-state index contributed by atoms with van der Waals surface area (Å²) in [7, 11) is 0. The number of hydrogen-bond donors (Lipinski definition) is 0. The van der Waals surface area contributed by atoms with Crippen LogP contribution in [0.3, 0.4) is 0 Å². The van der Waals surface area contributed by atoms with Crippen LogP contribution in [0.4, 0.5) is 0 Å². The van der Waals surface area contributed by atoms with Gasteiger partial charge in [-0.15, -0.1) is 0 Å². The average molecular weight is 276 g/mol. The summed E-state index contributed by atoms with van der Waals surface area (Å²) in [5.41, 5.74) is 0. The third kappa shape index (κ3) is 4.86. The van der Waals surface area contributed by atoms with Gasteiger partial charge < -0.3 is 4.90 Å². The Labute approximate surface area is 104 Å². The van der Waals surface area contributed by atoms with Crippen LogP contribution >= 0.6 is 15.9 Å². The molecule has 0 aromatic rings. The summed E-state index contributed by atoms with van der Waals surface area (Å²) < 4.78 is 0. The SMILES string of the molecule is CCCC(CBr)CN1CCCC(CC)C1. The molecule has 0 spiro atoms. The number of nitrogens with zero attached hydrogens (tertiary/aromatic N) is 1. The Morgan fingerprint density at radius 2 is 2.20 bits per heavy atom. The van der Waals surface area contributed by atoms with Crippen molar-refractivity contribution in [3.05, 3.63) is 0 Å². The molecule has 1 saturated heterocycles. The molecular weight excluding hydrogens is 250 g/mol. The predicted octanol–water partition coefficient (Wildman–Crippen LogP) is 3.92. The van der Waals surface area contributed by atoms with E-state index in [1.165, 1.54) is 57.1 Å². The predicted molar refractivity (Wildman–Crippen MR) is 71.6 cm³/mol. The Hall–Kier alpha value is 0.440. The summed E-state index contributed by atoms with van der Waals surface area (Å²) >= 11 is 3.65. The minimum absolute atomic E-state index is 0.866. The summed E-state index contributed by atoms with van der Waals surface area (Å²) in [4.78, 5) is 2.69. The van der Waals surface area contributed by atoms with E-state index in [2.05, 4.69) is 34.7 Å². The lowest BCUT2D eigenvalue weighted by molar-refractivity contribution is 0.151. The molecule has 1 nitrogen and oxygen atoms in total. The van der Waals surface area contributed by atoms with Crippen LogP contribution in [-0.4, -0.2) is 29.9 Å². The van der Waals surface area contributed by atoms with E-state index < -0.39 is 0 Å². The number of likely N-dealkylation sites (tertiary alicyclic amines) is 1. The Balaban J connectivity index is 2.29. The first-order chi connectivity index (χ1) is 7.30. The van der Waals surface area contributed by atoms with Crippen LogP contribution in [0.15, 0.2) is 0 Å². The molecule has 90 valence electrons. The maximum atomic E-state index is 3.65. The second-order valence-electron chi connectivity index (χ2n) is 4.99. The van der Waals surface area contributed by atoms with Crippen molar-refractivity contribution in [1.82, 2.24) is 4.90 Å². The maximum Gasteiger partial charge on any atom is 0.00718 e.